The SMILES string of the molecule is Cn1ccnc1C(=O)/C=C/c1ccc(CC(=O)Nc2nc3ccccc3s2)cc1. The minimum Gasteiger partial charge on any atom is -0.331 e. The third kappa shape index (κ3) is 4.47. The quantitative estimate of drug-likeness (QED) is 0.389. The Morgan fingerprint density at radius 1 is 1.14 bits per heavy atom. The maximum absolute atomic E-state index is 12.3. The summed E-state index contributed by atoms with van der Waals surface area (Å²) in [7, 11) is 1.78. The number of allylic oxidation sites excluding steroid dienone is 1. The summed E-state index contributed by atoms with van der Waals surface area (Å²) in [6.45, 7) is 0. The molecule has 4 aromatic rings. The van der Waals surface area contributed by atoms with Gasteiger partial charge in [0.15, 0.2) is 11.0 Å². The highest BCUT2D eigenvalue weighted by Gasteiger charge is 2.09. The van der Waals surface area contributed by atoms with Crippen molar-refractivity contribution in [3.63, 3.8) is 0 Å². The molecule has 2 aromatic carbocycles. The van der Waals surface area contributed by atoms with Crippen molar-refractivity contribution in [2.75, 3.05) is 5.32 Å². The Morgan fingerprint density at radius 2 is 1.93 bits per heavy atom. The van der Waals surface area contributed by atoms with E-state index in [9.17, 15) is 9.59 Å². The van der Waals surface area contributed by atoms with Crippen LogP contribution >= 0.6 is 11.3 Å². The zero-order valence-electron chi connectivity index (χ0n) is 15.7. The molecule has 0 bridgehead atoms. The van der Waals surface area contributed by atoms with E-state index in [2.05, 4.69) is 15.3 Å². The van der Waals surface area contributed by atoms with Crippen molar-refractivity contribution in [2.45, 2.75) is 6.42 Å². The van der Waals surface area contributed by atoms with Crippen LogP contribution in [0.15, 0.2) is 67.0 Å². The van der Waals surface area contributed by atoms with E-state index in [1.807, 2.05) is 48.5 Å². The number of fused-ring (bicyclic) bond motifs is 1. The topological polar surface area (TPSA) is 76.9 Å². The Morgan fingerprint density at radius 3 is 2.66 bits per heavy atom. The van der Waals surface area contributed by atoms with Crippen LogP contribution in [0.2, 0.25) is 0 Å². The largest absolute Gasteiger partial charge is 0.331 e. The first kappa shape index (κ1) is 18.8. The van der Waals surface area contributed by atoms with Crippen LogP contribution in [-0.4, -0.2) is 26.2 Å². The molecule has 0 spiro atoms. The number of anilines is 1. The molecule has 0 aliphatic rings. The van der Waals surface area contributed by atoms with Crippen molar-refractivity contribution < 1.29 is 9.59 Å². The van der Waals surface area contributed by atoms with Gasteiger partial charge in [0.05, 0.1) is 16.6 Å². The number of para-hydroxylation sites is 1. The molecule has 0 fully saturated rings. The number of thiazole rings is 1. The number of aryl methyl sites for hydroxylation is 1. The predicted octanol–water partition coefficient (Wildman–Crippen LogP) is 4.11. The molecule has 144 valence electrons. The van der Waals surface area contributed by atoms with Crippen LogP contribution in [-0.2, 0) is 18.3 Å². The molecule has 0 unspecified atom stereocenters. The molecule has 4 rings (SSSR count). The molecule has 0 aliphatic carbocycles. The smallest absolute Gasteiger partial charge is 0.230 e. The number of benzene rings is 2. The molecule has 6 nitrogen and oxygen atoms in total. The van der Waals surface area contributed by atoms with Crippen molar-refractivity contribution in [1.29, 1.82) is 0 Å². The maximum Gasteiger partial charge on any atom is 0.230 e. The van der Waals surface area contributed by atoms with Crippen molar-refractivity contribution in [3.05, 3.63) is 84.0 Å². The minimum absolute atomic E-state index is 0.114. The molecule has 0 radical (unpaired) electrons. The van der Waals surface area contributed by atoms with Gasteiger partial charge in [0.2, 0.25) is 11.7 Å². The summed E-state index contributed by atoms with van der Waals surface area (Å²) in [5, 5.41) is 3.46. The normalized spacial score (nSPS) is 11.2. The first-order valence-corrected chi connectivity index (χ1v) is 9.84. The van der Waals surface area contributed by atoms with Gasteiger partial charge in [-0.15, -0.1) is 0 Å². The number of carbonyl (C=O) groups excluding carboxylic acids is 2. The molecule has 2 aromatic heterocycles. The standard InChI is InChI=1S/C22H18N4O2S/c1-26-13-12-23-21(26)18(27)11-10-15-6-8-16(9-7-15)14-20(28)25-22-24-17-4-2-3-5-19(17)29-22/h2-13H,14H2,1H3,(H,24,25,28)/b11-10+. The average molecular weight is 402 g/mol. The molecule has 29 heavy (non-hydrogen) atoms. The summed E-state index contributed by atoms with van der Waals surface area (Å²) in [5.41, 5.74) is 2.64. The monoisotopic (exact) mass is 402 g/mol. The van der Waals surface area contributed by atoms with Crippen molar-refractivity contribution in [2.24, 2.45) is 7.05 Å². The summed E-state index contributed by atoms with van der Waals surface area (Å²) < 4.78 is 2.72. The second-order valence-corrected chi connectivity index (χ2v) is 7.54. The third-order valence-electron chi connectivity index (χ3n) is 4.35. The second-order valence-electron chi connectivity index (χ2n) is 6.51. The highest BCUT2D eigenvalue weighted by Crippen LogP contribution is 2.25. The van der Waals surface area contributed by atoms with Crippen LogP contribution in [0.4, 0.5) is 5.13 Å². The number of carbonyl (C=O) groups is 2. The Balaban J connectivity index is 1.36. The number of hydrogen-bond acceptors (Lipinski definition) is 5. The van der Waals surface area contributed by atoms with E-state index in [0.29, 0.717) is 11.0 Å². The van der Waals surface area contributed by atoms with Crippen LogP contribution in [0.3, 0.4) is 0 Å². The summed E-state index contributed by atoms with van der Waals surface area (Å²) in [6.07, 6.45) is 6.82. The fourth-order valence-corrected chi connectivity index (χ4v) is 3.75. The van der Waals surface area contributed by atoms with E-state index in [4.69, 9.17) is 0 Å². The predicted molar refractivity (Wildman–Crippen MR) is 115 cm³/mol. The molecular weight excluding hydrogens is 384 g/mol. The van der Waals surface area contributed by atoms with Gasteiger partial charge in [-0.25, -0.2) is 9.97 Å². The number of ketones is 1. The lowest BCUT2D eigenvalue weighted by Crippen LogP contribution is -2.14. The first-order chi connectivity index (χ1) is 14.1. The Hall–Kier alpha value is -3.58. The fourth-order valence-electron chi connectivity index (χ4n) is 2.87. The van der Waals surface area contributed by atoms with Gasteiger partial charge in [-0.2, -0.15) is 0 Å². The lowest BCUT2D eigenvalue weighted by Gasteiger charge is -2.03. The Labute approximate surface area is 171 Å². The number of amides is 1. The van der Waals surface area contributed by atoms with Gasteiger partial charge in [0.1, 0.15) is 0 Å². The number of aromatic nitrogens is 3. The summed E-state index contributed by atoms with van der Waals surface area (Å²) in [6, 6.07) is 15.3. The van der Waals surface area contributed by atoms with Gasteiger partial charge >= 0.3 is 0 Å². The molecule has 2 heterocycles. The van der Waals surface area contributed by atoms with E-state index in [0.717, 1.165) is 21.3 Å². The lowest BCUT2D eigenvalue weighted by molar-refractivity contribution is -0.115. The van der Waals surface area contributed by atoms with Crippen molar-refractivity contribution in [1.82, 2.24) is 14.5 Å². The van der Waals surface area contributed by atoms with Gasteiger partial charge in [-0.05, 0) is 29.3 Å². The van der Waals surface area contributed by atoms with Crippen LogP contribution in [0.5, 0.6) is 0 Å². The van der Waals surface area contributed by atoms with Crippen LogP contribution in [0, 0.1) is 0 Å². The molecule has 1 amide bonds. The Kier molecular flexibility index (Phi) is 5.31. The number of hydrogen-bond donors (Lipinski definition) is 1. The Bertz CT molecular complexity index is 1170. The number of nitrogens with one attached hydrogen (secondary N) is 1. The van der Waals surface area contributed by atoms with Crippen LogP contribution in [0.1, 0.15) is 21.7 Å². The summed E-state index contributed by atoms with van der Waals surface area (Å²) in [4.78, 5) is 32.9. The van der Waals surface area contributed by atoms with Gasteiger partial charge in [-0.1, -0.05) is 53.8 Å². The van der Waals surface area contributed by atoms with E-state index in [-0.39, 0.29) is 18.1 Å². The molecule has 0 saturated carbocycles. The summed E-state index contributed by atoms with van der Waals surface area (Å²) in [5.74, 6) is 0.124. The minimum atomic E-state index is -0.156. The maximum atomic E-state index is 12.3. The molecule has 0 saturated heterocycles. The van der Waals surface area contributed by atoms with Crippen molar-refractivity contribution in [3.8, 4) is 0 Å². The molecule has 0 aliphatic heterocycles. The van der Waals surface area contributed by atoms with E-state index in [1.54, 1.807) is 30.1 Å². The molecular formula is C22H18N4O2S. The molecule has 7 heteroatoms. The highest BCUT2D eigenvalue weighted by molar-refractivity contribution is 7.22. The average Bonchev–Trinajstić information content (AvgIpc) is 3.32. The van der Waals surface area contributed by atoms with Gasteiger partial charge in [-0.3, -0.25) is 9.59 Å². The van der Waals surface area contributed by atoms with Crippen LogP contribution < -0.4 is 5.32 Å². The zero-order valence-corrected chi connectivity index (χ0v) is 16.5. The number of nitrogens with zero attached hydrogens (tertiary/aromatic N) is 3. The third-order valence-corrected chi connectivity index (χ3v) is 5.31. The van der Waals surface area contributed by atoms with E-state index >= 15 is 0 Å². The number of rotatable bonds is 6. The van der Waals surface area contributed by atoms with Crippen LogP contribution in [0.25, 0.3) is 16.3 Å². The fraction of sp³-hybridized carbons (Fsp3) is 0.0909. The molecule has 1 N–H and O–H groups in total. The second kappa shape index (κ2) is 8.20. The first-order valence-electron chi connectivity index (χ1n) is 9.02. The van der Waals surface area contributed by atoms with Gasteiger partial charge in [0, 0.05) is 19.4 Å². The lowest BCUT2D eigenvalue weighted by atomic mass is 10.1. The van der Waals surface area contributed by atoms with E-state index < -0.39 is 0 Å². The van der Waals surface area contributed by atoms with Crippen molar-refractivity contribution >= 4 is 44.5 Å². The van der Waals surface area contributed by atoms with E-state index in [1.165, 1.54) is 17.4 Å². The number of imidazole rings is 1. The zero-order chi connectivity index (χ0) is 20.2. The molecule has 0 atom stereocenters. The van der Waals surface area contributed by atoms with Gasteiger partial charge < -0.3 is 9.88 Å². The summed E-state index contributed by atoms with van der Waals surface area (Å²) >= 11 is 1.46. The van der Waals surface area contributed by atoms with Gasteiger partial charge in [0.25, 0.3) is 0 Å². The highest BCUT2D eigenvalue weighted by atomic mass is 32.1.